The molecular formula is C18H21Cl. The normalized spacial score (nSPS) is 14.1. The quantitative estimate of drug-likeness (QED) is 0.648. The highest BCUT2D eigenvalue weighted by Crippen LogP contribution is 2.31. The maximum Gasteiger partial charge on any atom is 0.0613 e. The number of aryl methyl sites for hydroxylation is 2. The van der Waals surface area contributed by atoms with E-state index in [-0.39, 0.29) is 5.38 Å². The van der Waals surface area contributed by atoms with E-state index in [0.29, 0.717) is 5.92 Å². The first kappa shape index (κ1) is 14.1. The van der Waals surface area contributed by atoms with Gasteiger partial charge in [0.25, 0.3) is 0 Å². The number of alkyl halides is 1. The molecule has 0 bridgehead atoms. The van der Waals surface area contributed by atoms with Crippen LogP contribution in [0.25, 0.3) is 0 Å². The summed E-state index contributed by atoms with van der Waals surface area (Å²) in [5.74, 6) is 0.421. The molecule has 0 amide bonds. The molecule has 19 heavy (non-hydrogen) atoms. The lowest BCUT2D eigenvalue weighted by atomic mass is 9.91. The molecule has 100 valence electrons. The summed E-state index contributed by atoms with van der Waals surface area (Å²) in [7, 11) is 0. The van der Waals surface area contributed by atoms with Gasteiger partial charge < -0.3 is 0 Å². The lowest BCUT2D eigenvalue weighted by molar-refractivity contribution is 0.557. The molecule has 2 atom stereocenters. The molecule has 2 rings (SSSR count). The van der Waals surface area contributed by atoms with Gasteiger partial charge in [-0.05, 0) is 42.9 Å². The second-order valence-electron chi connectivity index (χ2n) is 5.42. The third kappa shape index (κ3) is 3.61. The zero-order valence-electron chi connectivity index (χ0n) is 11.9. The first-order chi connectivity index (χ1) is 9.08. The van der Waals surface area contributed by atoms with E-state index >= 15 is 0 Å². The van der Waals surface area contributed by atoms with E-state index in [1.54, 1.807) is 0 Å². The topological polar surface area (TPSA) is 0 Å². The van der Waals surface area contributed by atoms with Crippen molar-refractivity contribution in [2.24, 2.45) is 5.92 Å². The number of rotatable bonds is 4. The van der Waals surface area contributed by atoms with Crippen LogP contribution in [0.4, 0.5) is 0 Å². The van der Waals surface area contributed by atoms with Crippen molar-refractivity contribution in [2.75, 3.05) is 0 Å². The van der Waals surface area contributed by atoms with Crippen LogP contribution in [0.3, 0.4) is 0 Å². The summed E-state index contributed by atoms with van der Waals surface area (Å²) in [5, 5.41) is 0.0705. The van der Waals surface area contributed by atoms with E-state index in [9.17, 15) is 0 Å². The molecule has 0 aliphatic carbocycles. The highest BCUT2D eigenvalue weighted by Gasteiger charge is 2.17. The smallest absolute Gasteiger partial charge is 0.0613 e. The predicted molar refractivity (Wildman–Crippen MR) is 83.8 cm³/mol. The van der Waals surface area contributed by atoms with Gasteiger partial charge in [0, 0.05) is 0 Å². The van der Waals surface area contributed by atoms with E-state index in [1.807, 2.05) is 6.07 Å². The van der Waals surface area contributed by atoms with E-state index in [1.165, 1.54) is 22.3 Å². The Balaban J connectivity index is 2.12. The summed E-state index contributed by atoms with van der Waals surface area (Å²) in [6.07, 6.45) is 1.02. The number of hydrogen-bond acceptors (Lipinski definition) is 0. The minimum Gasteiger partial charge on any atom is -0.118 e. The van der Waals surface area contributed by atoms with Crippen LogP contribution in [0.1, 0.15) is 34.6 Å². The molecule has 2 unspecified atom stereocenters. The molecular weight excluding hydrogens is 252 g/mol. The molecule has 0 saturated heterocycles. The Hall–Kier alpha value is -1.27. The Bertz CT molecular complexity index is 531. The molecule has 0 radical (unpaired) electrons. The fraction of sp³-hybridized carbons (Fsp3) is 0.333. The highest BCUT2D eigenvalue weighted by atomic mass is 35.5. The minimum absolute atomic E-state index is 0.0705. The largest absolute Gasteiger partial charge is 0.118 e. The van der Waals surface area contributed by atoms with Crippen molar-refractivity contribution in [3.8, 4) is 0 Å². The fourth-order valence-electron chi connectivity index (χ4n) is 2.44. The van der Waals surface area contributed by atoms with Crippen LogP contribution in [0, 0.1) is 19.8 Å². The van der Waals surface area contributed by atoms with E-state index in [0.717, 1.165) is 6.42 Å². The molecule has 0 saturated carbocycles. The Morgan fingerprint density at radius 2 is 1.68 bits per heavy atom. The standard InChI is InChI=1S/C18H21Cl/c1-13-9-10-14(2)17(11-13)12-15(3)18(19)16-7-5-4-6-8-16/h4-11,15,18H,12H2,1-3H3. The van der Waals surface area contributed by atoms with Crippen molar-refractivity contribution in [2.45, 2.75) is 32.6 Å². The molecule has 0 heterocycles. The van der Waals surface area contributed by atoms with Crippen molar-refractivity contribution in [1.29, 1.82) is 0 Å². The van der Waals surface area contributed by atoms with Gasteiger partial charge >= 0.3 is 0 Å². The second kappa shape index (κ2) is 6.25. The van der Waals surface area contributed by atoms with Gasteiger partial charge in [0.1, 0.15) is 0 Å². The van der Waals surface area contributed by atoms with Crippen molar-refractivity contribution >= 4 is 11.6 Å². The summed E-state index contributed by atoms with van der Waals surface area (Å²) in [6, 6.07) is 17.0. The third-order valence-electron chi connectivity index (χ3n) is 3.66. The van der Waals surface area contributed by atoms with Gasteiger partial charge in [-0.15, -0.1) is 11.6 Å². The first-order valence-electron chi connectivity index (χ1n) is 6.83. The SMILES string of the molecule is Cc1ccc(C)c(CC(C)C(Cl)c2ccccc2)c1. The number of benzene rings is 2. The maximum atomic E-state index is 6.60. The highest BCUT2D eigenvalue weighted by molar-refractivity contribution is 6.21. The average Bonchev–Trinajstić information content (AvgIpc) is 2.43. The summed E-state index contributed by atoms with van der Waals surface area (Å²) >= 11 is 6.60. The van der Waals surface area contributed by atoms with Crippen molar-refractivity contribution in [3.63, 3.8) is 0 Å². The number of hydrogen-bond donors (Lipinski definition) is 0. The molecule has 0 N–H and O–H groups in total. The summed E-state index contributed by atoms with van der Waals surface area (Å²) in [5.41, 5.74) is 5.30. The molecule has 2 aromatic rings. The van der Waals surface area contributed by atoms with Crippen LogP contribution < -0.4 is 0 Å². The van der Waals surface area contributed by atoms with Gasteiger partial charge in [0.15, 0.2) is 0 Å². The van der Waals surface area contributed by atoms with Crippen LogP contribution in [0.2, 0.25) is 0 Å². The van der Waals surface area contributed by atoms with Gasteiger partial charge in [-0.2, -0.15) is 0 Å². The Morgan fingerprint density at radius 3 is 2.37 bits per heavy atom. The Labute approximate surface area is 121 Å². The molecule has 0 nitrogen and oxygen atoms in total. The van der Waals surface area contributed by atoms with Crippen LogP contribution in [0.15, 0.2) is 48.5 Å². The Morgan fingerprint density at radius 1 is 1.00 bits per heavy atom. The molecule has 2 aromatic carbocycles. The molecule has 0 fully saturated rings. The Kier molecular flexibility index (Phi) is 4.66. The lowest BCUT2D eigenvalue weighted by Gasteiger charge is -2.19. The monoisotopic (exact) mass is 272 g/mol. The van der Waals surface area contributed by atoms with Gasteiger partial charge in [-0.25, -0.2) is 0 Å². The van der Waals surface area contributed by atoms with Gasteiger partial charge in [0.2, 0.25) is 0 Å². The minimum atomic E-state index is 0.0705. The zero-order chi connectivity index (χ0) is 13.8. The summed E-state index contributed by atoms with van der Waals surface area (Å²) in [6.45, 7) is 6.54. The first-order valence-corrected chi connectivity index (χ1v) is 7.26. The third-order valence-corrected chi connectivity index (χ3v) is 4.35. The fourth-order valence-corrected chi connectivity index (χ4v) is 2.67. The maximum absolute atomic E-state index is 6.60. The average molecular weight is 273 g/mol. The summed E-state index contributed by atoms with van der Waals surface area (Å²) < 4.78 is 0. The number of halogens is 1. The van der Waals surface area contributed by atoms with Crippen LogP contribution in [0.5, 0.6) is 0 Å². The van der Waals surface area contributed by atoms with E-state index < -0.39 is 0 Å². The molecule has 1 heteroatoms. The van der Waals surface area contributed by atoms with Gasteiger partial charge in [0.05, 0.1) is 5.38 Å². The molecule has 0 aromatic heterocycles. The molecule has 0 aliphatic rings. The summed E-state index contributed by atoms with van der Waals surface area (Å²) in [4.78, 5) is 0. The second-order valence-corrected chi connectivity index (χ2v) is 5.89. The van der Waals surface area contributed by atoms with Gasteiger partial charge in [-0.1, -0.05) is 61.0 Å². The predicted octanol–water partition coefficient (Wildman–Crippen LogP) is 5.46. The van der Waals surface area contributed by atoms with Crippen molar-refractivity contribution < 1.29 is 0 Å². The molecule has 0 aliphatic heterocycles. The zero-order valence-corrected chi connectivity index (χ0v) is 12.6. The van der Waals surface area contributed by atoms with E-state index in [2.05, 4.69) is 63.2 Å². The van der Waals surface area contributed by atoms with Crippen LogP contribution >= 0.6 is 11.6 Å². The lowest BCUT2D eigenvalue weighted by Crippen LogP contribution is -2.08. The van der Waals surface area contributed by atoms with E-state index in [4.69, 9.17) is 11.6 Å². The van der Waals surface area contributed by atoms with Gasteiger partial charge in [-0.3, -0.25) is 0 Å². The van der Waals surface area contributed by atoms with Crippen molar-refractivity contribution in [3.05, 3.63) is 70.8 Å². The van der Waals surface area contributed by atoms with Crippen LogP contribution in [-0.4, -0.2) is 0 Å². The van der Waals surface area contributed by atoms with Crippen molar-refractivity contribution in [1.82, 2.24) is 0 Å². The van der Waals surface area contributed by atoms with Crippen LogP contribution in [-0.2, 0) is 6.42 Å². The molecule has 0 spiro atoms.